The molecule has 0 saturated carbocycles. The summed E-state index contributed by atoms with van der Waals surface area (Å²) in [7, 11) is 0. The van der Waals surface area contributed by atoms with Crippen molar-refractivity contribution in [2.75, 3.05) is 13.1 Å². The average Bonchev–Trinajstić information content (AvgIpc) is 2.61. The minimum atomic E-state index is -0.747. The van der Waals surface area contributed by atoms with Crippen molar-refractivity contribution in [3.63, 3.8) is 0 Å². The van der Waals surface area contributed by atoms with E-state index in [1.54, 1.807) is 6.20 Å². The second-order valence-corrected chi connectivity index (χ2v) is 5.47. The molecule has 1 rings (SSSR count). The number of carboxylic acids is 1. The fourth-order valence-corrected chi connectivity index (χ4v) is 1.88. The third kappa shape index (κ3) is 4.49. The van der Waals surface area contributed by atoms with Gasteiger partial charge in [0, 0.05) is 37.6 Å². The zero-order valence-electron chi connectivity index (χ0n) is 11.7. The Morgan fingerprint density at radius 1 is 1.44 bits per heavy atom. The molecule has 1 N–H and O–H groups in total. The van der Waals surface area contributed by atoms with E-state index in [0.717, 1.165) is 18.9 Å². The number of imidazole rings is 1. The van der Waals surface area contributed by atoms with Crippen molar-refractivity contribution >= 4 is 5.97 Å². The second-order valence-electron chi connectivity index (χ2n) is 5.47. The molecular weight excluding hydrogens is 230 g/mol. The number of nitrogens with zero attached hydrogens (tertiary/aromatic N) is 3. The van der Waals surface area contributed by atoms with Gasteiger partial charge < -0.3 is 9.67 Å². The molecule has 0 unspecified atom stereocenters. The van der Waals surface area contributed by atoms with Gasteiger partial charge >= 0.3 is 5.97 Å². The van der Waals surface area contributed by atoms with E-state index in [9.17, 15) is 4.79 Å². The van der Waals surface area contributed by atoms with E-state index < -0.39 is 5.97 Å². The van der Waals surface area contributed by atoms with Gasteiger partial charge in [0.15, 0.2) is 0 Å². The molecular formula is C13H23N3O2. The summed E-state index contributed by atoms with van der Waals surface area (Å²) in [6, 6.07) is 0. The third-order valence-corrected chi connectivity index (χ3v) is 3.08. The highest BCUT2D eigenvalue weighted by molar-refractivity contribution is 5.66. The van der Waals surface area contributed by atoms with Gasteiger partial charge in [-0.15, -0.1) is 0 Å². The fourth-order valence-electron chi connectivity index (χ4n) is 1.88. The summed E-state index contributed by atoms with van der Waals surface area (Å²) in [5.41, 5.74) is -0.0239. The molecule has 102 valence electrons. The first-order valence-corrected chi connectivity index (χ1v) is 6.25. The monoisotopic (exact) mass is 253 g/mol. The first kappa shape index (κ1) is 14.7. The highest BCUT2D eigenvalue weighted by atomic mass is 16.4. The highest BCUT2D eigenvalue weighted by Gasteiger charge is 2.21. The lowest BCUT2D eigenvalue weighted by Crippen LogP contribution is -2.44. The Kier molecular flexibility index (Phi) is 4.90. The number of aliphatic carboxylic acids is 1. The van der Waals surface area contributed by atoms with Crippen LogP contribution in [0.3, 0.4) is 0 Å². The van der Waals surface area contributed by atoms with Crippen LogP contribution in [0.5, 0.6) is 0 Å². The van der Waals surface area contributed by atoms with E-state index in [4.69, 9.17) is 5.11 Å². The molecule has 0 aliphatic heterocycles. The maximum atomic E-state index is 10.7. The standard InChI is InChI=1S/C13H23N3O2/c1-11-14-6-8-15(11)9-10-16(13(2,3)4)7-5-12(17)18/h6,8H,5,7,9-10H2,1-4H3,(H,17,18). The third-order valence-electron chi connectivity index (χ3n) is 3.08. The van der Waals surface area contributed by atoms with Crippen LogP contribution >= 0.6 is 0 Å². The second kappa shape index (κ2) is 6.00. The van der Waals surface area contributed by atoms with Crippen LogP contribution in [-0.2, 0) is 11.3 Å². The molecule has 0 fully saturated rings. The predicted molar refractivity (Wildman–Crippen MR) is 70.5 cm³/mol. The predicted octanol–water partition coefficient (Wildman–Crippen LogP) is 1.77. The van der Waals surface area contributed by atoms with Crippen molar-refractivity contribution in [3.05, 3.63) is 18.2 Å². The maximum absolute atomic E-state index is 10.7. The quantitative estimate of drug-likeness (QED) is 0.839. The van der Waals surface area contributed by atoms with Crippen LogP contribution in [0, 0.1) is 6.92 Å². The Morgan fingerprint density at radius 3 is 2.56 bits per heavy atom. The summed E-state index contributed by atoms with van der Waals surface area (Å²) in [5, 5.41) is 8.78. The zero-order valence-corrected chi connectivity index (χ0v) is 11.7. The lowest BCUT2D eigenvalue weighted by molar-refractivity contribution is -0.137. The van der Waals surface area contributed by atoms with Gasteiger partial charge in [-0.3, -0.25) is 9.69 Å². The average molecular weight is 253 g/mol. The number of aryl methyl sites for hydroxylation is 1. The summed E-state index contributed by atoms with van der Waals surface area (Å²) >= 11 is 0. The summed E-state index contributed by atoms with van der Waals surface area (Å²) in [5.74, 6) is 0.241. The number of carboxylic acid groups (broad SMARTS) is 1. The van der Waals surface area contributed by atoms with Gasteiger partial charge in [-0.05, 0) is 27.7 Å². The first-order chi connectivity index (χ1) is 8.30. The molecule has 0 bridgehead atoms. The lowest BCUT2D eigenvalue weighted by atomic mass is 10.1. The van der Waals surface area contributed by atoms with Gasteiger partial charge in [0.2, 0.25) is 0 Å². The summed E-state index contributed by atoms with van der Waals surface area (Å²) in [6.45, 7) is 10.5. The Balaban J connectivity index is 2.56. The molecule has 18 heavy (non-hydrogen) atoms. The van der Waals surface area contributed by atoms with Crippen molar-refractivity contribution in [1.29, 1.82) is 0 Å². The molecule has 0 amide bonds. The van der Waals surface area contributed by atoms with Crippen molar-refractivity contribution in [3.8, 4) is 0 Å². The summed E-state index contributed by atoms with van der Waals surface area (Å²) in [4.78, 5) is 17.1. The Hall–Kier alpha value is -1.36. The van der Waals surface area contributed by atoms with Crippen LogP contribution in [0.2, 0.25) is 0 Å². The van der Waals surface area contributed by atoms with Crippen LogP contribution in [0.15, 0.2) is 12.4 Å². The number of hydrogen-bond acceptors (Lipinski definition) is 3. The van der Waals surface area contributed by atoms with E-state index >= 15 is 0 Å². The molecule has 1 heterocycles. The molecule has 0 saturated heterocycles. The normalized spacial score (nSPS) is 12.1. The molecule has 0 spiro atoms. The van der Waals surface area contributed by atoms with E-state index in [1.165, 1.54) is 0 Å². The van der Waals surface area contributed by atoms with Gasteiger partial charge in [0.25, 0.3) is 0 Å². The van der Waals surface area contributed by atoms with E-state index in [2.05, 4.69) is 35.2 Å². The van der Waals surface area contributed by atoms with E-state index in [-0.39, 0.29) is 12.0 Å². The summed E-state index contributed by atoms with van der Waals surface area (Å²) in [6.07, 6.45) is 3.92. The minimum absolute atomic E-state index is 0.0239. The Morgan fingerprint density at radius 2 is 2.11 bits per heavy atom. The van der Waals surface area contributed by atoms with Gasteiger partial charge in [-0.2, -0.15) is 0 Å². The van der Waals surface area contributed by atoms with Crippen molar-refractivity contribution in [2.24, 2.45) is 0 Å². The van der Waals surface area contributed by atoms with Gasteiger partial charge in [0.05, 0.1) is 6.42 Å². The van der Waals surface area contributed by atoms with Crippen LogP contribution in [0.1, 0.15) is 33.0 Å². The van der Waals surface area contributed by atoms with E-state index in [1.807, 2.05) is 13.1 Å². The van der Waals surface area contributed by atoms with Crippen LogP contribution < -0.4 is 0 Å². The largest absolute Gasteiger partial charge is 0.481 e. The Labute approximate surface area is 108 Å². The molecule has 1 aromatic heterocycles. The molecule has 0 radical (unpaired) electrons. The zero-order chi connectivity index (χ0) is 13.8. The molecule has 0 atom stereocenters. The first-order valence-electron chi connectivity index (χ1n) is 6.25. The molecule has 1 aromatic rings. The number of carbonyl (C=O) groups is 1. The fraction of sp³-hybridized carbons (Fsp3) is 0.692. The number of rotatable bonds is 6. The van der Waals surface area contributed by atoms with Crippen molar-refractivity contribution < 1.29 is 9.90 Å². The molecule has 0 aromatic carbocycles. The molecule has 5 nitrogen and oxygen atoms in total. The van der Waals surface area contributed by atoms with Crippen molar-refractivity contribution in [2.45, 2.75) is 46.2 Å². The minimum Gasteiger partial charge on any atom is -0.481 e. The molecule has 0 aliphatic carbocycles. The van der Waals surface area contributed by atoms with Gasteiger partial charge in [-0.1, -0.05) is 0 Å². The maximum Gasteiger partial charge on any atom is 0.304 e. The highest BCUT2D eigenvalue weighted by Crippen LogP contribution is 2.14. The van der Waals surface area contributed by atoms with E-state index in [0.29, 0.717) is 6.54 Å². The van der Waals surface area contributed by atoms with Crippen LogP contribution in [0.25, 0.3) is 0 Å². The SMILES string of the molecule is Cc1nccn1CCN(CCC(=O)O)C(C)(C)C. The molecule has 5 heteroatoms. The lowest BCUT2D eigenvalue weighted by Gasteiger charge is -2.35. The molecule has 0 aliphatic rings. The van der Waals surface area contributed by atoms with Crippen LogP contribution in [-0.4, -0.2) is 44.2 Å². The van der Waals surface area contributed by atoms with Gasteiger partial charge in [-0.25, -0.2) is 4.98 Å². The number of aromatic nitrogens is 2. The topological polar surface area (TPSA) is 58.4 Å². The van der Waals surface area contributed by atoms with Crippen LogP contribution in [0.4, 0.5) is 0 Å². The van der Waals surface area contributed by atoms with Crippen molar-refractivity contribution in [1.82, 2.24) is 14.5 Å². The van der Waals surface area contributed by atoms with Gasteiger partial charge in [0.1, 0.15) is 5.82 Å². The Bertz CT molecular complexity index is 393. The summed E-state index contributed by atoms with van der Waals surface area (Å²) < 4.78 is 2.08. The smallest absolute Gasteiger partial charge is 0.304 e. The number of hydrogen-bond donors (Lipinski definition) is 1.